The maximum Gasteiger partial charge on any atom is 0.253 e. The van der Waals surface area contributed by atoms with Gasteiger partial charge in [0.1, 0.15) is 5.82 Å². The lowest BCUT2D eigenvalue weighted by molar-refractivity contribution is 0.0770. The number of anilines is 1. The summed E-state index contributed by atoms with van der Waals surface area (Å²) in [7, 11) is -3.01. The summed E-state index contributed by atoms with van der Waals surface area (Å²) >= 11 is 0. The first-order valence-corrected chi connectivity index (χ1v) is 9.98. The molecule has 1 amide bonds. The van der Waals surface area contributed by atoms with Gasteiger partial charge in [0.15, 0.2) is 15.7 Å². The molecule has 0 spiro atoms. The average Bonchev–Trinajstić information content (AvgIpc) is 2.62. The van der Waals surface area contributed by atoms with Crippen LogP contribution in [0.1, 0.15) is 17.3 Å². The molecule has 0 aliphatic carbocycles. The Morgan fingerprint density at radius 1 is 1.24 bits per heavy atom. The molecule has 1 fully saturated rings. The maximum absolute atomic E-state index is 12.6. The summed E-state index contributed by atoms with van der Waals surface area (Å²) in [5.74, 6) is 1.14. The zero-order chi connectivity index (χ0) is 17.9. The molecule has 25 heavy (non-hydrogen) atoms. The van der Waals surface area contributed by atoms with E-state index < -0.39 is 9.84 Å². The maximum atomic E-state index is 12.6. The summed E-state index contributed by atoms with van der Waals surface area (Å²) < 4.78 is 23.0. The van der Waals surface area contributed by atoms with E-state index in [1.807, 2.05) is 13.0 Å². The van der Waals surface area contributed by atoms with Gasteiger partial charge in [-0.05, 0) is 25.1 Å². The first-order valence-electron chi connectivity index (χ1n) is 8.15. The van der Waals surface area contributed by atoms with Crippen LogP contribution in [0.5, 0.6) is 0 Å². The number of hydrogen-bond acceptors (Lipinski definition) is 6. The number of hydrogen-bond donors (Lipinski definition) is 1. The van der Waals surface area contributed by atoms with Crippen LogP contribution in [-0.2, 0) is 9.84 Å². The average molecular weight is 360 g/mol. The number of aromatic nitrogens is 2. The molecule has 3 rings (SSSR count). The van der Waals surface area contributed by atoms with Crippen LogP contribution in [0.25, 0.3) is 11.4 Å². The zero-order valence-electron chi connectivity index (χ0n) is 14.0. The lowest BCUT2D eigenvalue weighted by atomic mass is 10.1. The Morgan fingerprint density at radius 2 is 2.00 bits per heavy atom. The lowest BCUT2D eigenvalue weighted by Gasteiger charge is -2.26. The van der Waals surface area contributed by atoms with Crippen LogP contribution >= 0.6 is 0 Å². The molecule has 1 N–H and O–H groups in total. The normalized spacial score (nSPS) is 16.4. The molecule has 1 aromatic carbocycles. The molecular weight excluding hydrogens is 340 g/mol. The molecule has 0 radical (unpaired) electrons. The number of benzene rings is 1. The van der Waals surface area contributed by atoms with Crippen molar-refractivity contribution < 1.29 is 13.2 Å². The Hall–Kier alpha value is -2.48. The van der Waals surface area contributed by atoms with Crippen molar-refractivity contribution >= 4 is 21.6 Å². The molecule has 132 valence electrons. The third-order valence-corrected chi connectivity index (χ3v) is 5.62. The molecule has 0 unspecified atom stereocenters. The quantitative estimate of drug-likeness (QED) is 0.887. The Labute approximate surface area is 147 Å². The van der Waals surface area contributed by atoms with E-state index in [1.54, 1.807) is 35.4 Å². The van der Waals surface area contributed by atoms with Crippen LogP contribution in [-0.4, -0.2) is 60.3 Å². The number of rotatable bonds is 4. The monoisotopic (exact) mass is 360 g/mol. The van der Waals surface area contributed by atoms with Crippen molar-refractivity contribution in [1.82, 2.24) is 14.9 Å². The second-order valence-electron chi connectivity index (χ2n) is 5.82. The fraction of sp³-hybridized carbons (Fsp3) is 0.353. The standard InChI is InChI=1S/C17H20N4O3S/c1-2-18-15-6-7-19-16(20-15)13-4-3-5-14(12-13)17(22)21-8-10-25(23,24)11-9-21/h3-7,12H,2,8-11H2,1H3,(H,18,19,20). The number of nitrogens with zero attached hydrogens (tertiary/aromatic N) is 3. The van der Waals surface area contributed by atoms with Crippen molar-refractivity contribution in [2.75, 3.05) is 36.5 Å². The topological polar surface area (TPSA) is 92.3 Å². The minimum absolute atomic E-state index is 0.0201. The van der Waals surface area contributed by atoms with E-state index in [-0.39, 0.29) is 30.5 Å². The third kappa shape index (κ3) is 4.14. The first-order chi connectivity index (χ1) is 12.0. The molecule has 1 saturated heterocycles. The number of carbonyl (C=O) groups excluding carboxylic acids is 1. The highest BCUT2D eigenvalue weighted by Gasteiger charge is 2.25. The number of sulfone groups is 1. The molecule has 2 aromatic rings. The SMILES string of the molecule is CCNc1ccnc(-c2cccc(C(=O)N3CCS(=O)(=O)CC3)c2)n1. The second kappa shape index (κ2) is 7.18. The van der Waals surface area contributed by atoms with Gasteiger partial charge < -0.3 is 10.2 Å². The lowest BCUT2D eigenvalue weighted by Crippen LogP contribution is -2.43. The molecule has 1 aliphatic rings. The summed E-state index contributed by atoms with van der Waals surface area (Å²) in [4.78, 5) is 22.9. The smallest absolute Gasteiger partial charge is 0.253 e. The van der Waals surface area contributed by atoms with Gasteiger partial charge in [-0.15, -0.1) is 0 Å². The van der Waals surface area contributed by atoms with Crippen molar-refractivity contribution in [1.29, 1.82) is 0 Å². The fourth-order valence-electron chi connectivity index (χ4n) is 2.67. The Balaban J connectivity index is 1.82. The minimum atomic E-state index is -3.01. The van der Waals surface area contributed by atoms with Crippen LogP contribution in [0.4, 0.5) is 5.82 Å². The fourth-order valence-corrected chi connectivity index (χ4v) is 3.87. The first kappa shape index (κ1) is 17.3. The van der Waals surface area contributed by atoms with Crippen molar-refractivity contribution in [3.05, 3.63) is 42.1 Å². The number of nitrogens with one attached hydrogen (secondary N) is 1. The number of amides is 1. The van der Waals surface area contributed by atoms with Crippen LogP contribution < -0.4 is 5.32 Å². The largest absolute Gasteiger partial charge is 0.370 e. The molecule has 2 heterocycles. The van der Waals surface area contributed by atoms with Crippen LogP contribution in [0.3, 0.4) is 0 Å². The molecule has 0 atom stereocenters. The highest BCUT2D eigenvalue weighted by atomic mass is 32.2. The van der Waals surface area contributed by atoms with Crippen molar-refractivity contribution in [3.8, 4) is 11.4 Å². The van der Waals surface area contributed by atoms with Gasteiger partial charge >= 0.3 is 0 Å². The van der Waals surface area contributed by atoms with Gasteiger partial charge in [0.2, 0.25) is 0 Å². The highest BCUT2D eigenvalue weighted by molar-refractivity contribution is 7.91. The van der Waals surface area contributed by atoms with E-state index in [4.69, 9.17) is 0 Å². The molecule has 8 heteroatoms. The third-order valence-electron chi connectivity index (χ3n) is 4.01. The van der Waals surface area contributed by atoms with E-state index in [9.17, 15) is 13.2 Å². The van der Waals surface area contributed by atoms with Crippen molar-refractivity contribution in [2.45, 2.75) is 6.92 Å². The van der Waals surface area contributed by atoms with Crippen molar-refractivity contribution in [2.24, 2.45) is 0 Å². The van der Waals surface area contributed by atoms with Crippen LogP contribution in [0, 0.1) is 0 Å². The summed E-state index contributed by atoms with van der Waals surface area (Å²) in [6.07, 6.45) is 1.67. The van der Waals surface area contributed by atoms with Crippen LogP contribution in [0.2, 0.25) is 0 Å². The molecule has 1 aromatic heterocycles. The summed E-state index contributed by atoms with van der Waals surface area (Å²) in [6, 6.07) is 8.89. The molecular formula is C17H20N4O3S. The number of carbonyl (C=O) groups is 1. The van der Waals surface area contributed by atoms with Gasteiger partial charge in [-0.1, -0.05) is 12.1 Å². The van der Waals surface area contributed by atoms with Crippen LogP contribution in [0.15, 0.2) is 36.5 Å². The predicted molar refractivity (Wildman–Crippen MR) is 96.2 cm³/mol. The molecule has 0 saturated carbocycles. The highest BCUT2D eigenvalue weighted by Crippen LogP contribution is 2.19. The second-order valence-corrected chi connectivity index (χ2v) is 8.12. The predicted octanol–water partition coefficient (Wildman–Crippen LogP) is 1.45. The van der Waals surface area contributed by atoms with Gasteiger partial charge in [0.05, 0.1) is 11.5 Å². The van der Waals surface area contributed by atoms with Gasteiger partial charge in [0.25, 0.3) is 5.91 Å². The van der Waals surface area contributed by atoms with E-state index in [0.717, 1.165) is 17.9 Å². The van der Waals surface area contributed by atoms with E-state index >= 15 is 0 Å². The van der Waals surface area contributed by atoms with Crippen molar-refractivity contribution in [3.63, 3.8) is 0 Å². The Morgan fingerprint density at radius 3 is 2.72 bits per heavy atom. The summed E-state index contributed by atoms with van der Waals surface area (Å²) in [5, 5.41) is 3.13. The van der Waals surface area contributed by atoms with E-state index in [2.05, 4.69) is 15.3 Å². The Kier molecular flexibility index (Phi) is 4.98. The zero-order valence-corrected chi connectivity index (χ0v) is 14.8. The molecule has 1 aliphatic heterocycles. The van der Waals surface area contributed by atoms with Gasteiger partial charge in [-0.2, -0.15) is 0 Å². The van der Waals surface area contributed by atoms with Gasteiger partial charge in [-0.25, -0.2) is 18.4 Å². The minimum Gasteiger partial charge on any atom is -0.370 e. The van der Waals surface area contributed by atoms with E-state index in [1.165, 1.54) is 0 Å². The molecule has 7 nitrogen and oxygen atoms in total. The molecule has 0 bridgehead atoms. The summed E-state index contributed by atoms with van der Waals surface area (Å²) in [5.41, 5.74) is 1.25. The summed E-state index contributed by atoms with van der Waals surface area (Å²) in [6.45, 7) is 3.21. The van der Waals surface area contributed by atoms with Gasteiger partial charge in [-0.3, -0.25) is 4.79 Å². The Bertz CT molecular complexity index is 869. The van der Waals surface area contributed by atoms with Gasteiger partial charge in [0, 0.05) is 37.0 Å². The van der Waals surface area contributed by atoms with E-state index in [0.29, 0.717) is 11.4 Å².